The van der Waals surface area contributed by atoms with Crippen molar-refractivity contribution in [3.8, 4) is 5.88 Å². The lowest BCUT2D eigenvalue weighted by molar-refractivity contribution is 0.0722. The molecule has 2 heterocycles. The van der Waals surface area contributed by atoms with Crippen molar-refractivity contribution < 1.29 is 14.6 Å². The monoisotopic (exact) mass is 240 g/mol. The molecule has 3 N–H and O–H groups in total. The van der Waals surface area contributed by atoms with Crippen LogP contribution in [0.3, 0.4) is 0 Å². The van der Waals surface area contributed by atoms with Gasteiger partial charge in [0.2, 0.25) is 11.8 Å². The van der Waals surface area contributed by atoms with Crippen molar-refractivity contribution in [2.45, 2.75) is 6.04 Å². The number of rotatable bonds is 3. The van der Waals surface area contributed by atoms with Gasteiger partial charge in [0.05, 0.1) is 33.0 Å². The SMILES string of the molecule is COc1cc(N2CCOCC2CO)nc(N)n1. The van der Waals surface area contributed by atoms with Gasteiger partial charge in [-0.1, -0.05) is 0 Å². The zero-order chi connectivity index (χ0) is 12.3. The summed E-state index contributed by atoms with van der Waals surface area (Å²) < 4.78 is 10.3. The van der Waals surface area contributed by atoms with Crippen LogP contribution in [0.4, 0.5) is 11.8 Å². The average molecular weight is 240 g/mol. The summed E-state index contributed by atoms with van der Waals surface area (Å²) in [5, 5.41) is 9.29. The van der Waals surface area contributed by atoms with Gasteiger partial charge >= 0.3 is 0 Å². The number of nitrogens with zero attached hydrogens (tertiary/aromatic N) is 3. The molecule has 1 unspecified atom stereocenters. The van der Waals surface area contributed by atoms with Gasteiger partial charge in [-0.2, -0.15) is 9.97 Å². The molecule has 0 aliphatic carbocycles. The molecule has 1 fully saturated rings. The van der Waals surface area contributed by atoms with Crippen LogP contribution in [0.1, 0.15) is 0 Å². The van der Waals surface area contributed by atoms with Gasteiger partial charge in [0, 0.05) is 12.6 Å². The number of nitrogens with two attached hydrogens (primary N) is 1. The van der Waals surface area contributed by atoms with Crippen LogP contribution in [0, 0.1) is 0 Å². The van der Waals surface area contributed by atoms with Crippen LogP contribution in [-0.4, -0.2) is 54.6 Å². The number of methoxy groups -OCH3 is 1. The minimum atomic E-state index is -0.109. The first-order chi connectivity index (χ1) is 8.24. The van der Waals surface area contributed by atoms with Gasteiger partial charge in [-0.3, -0.25) is 0 Å². The maximum absolute atomic E-state index is 9.29. The van der Waals surface area contributed by atoms with Crippen LogP contribution in [0.25, 0.3) is 0 Å². The highest BCUT2D eigenvalue weighted by Crippen LogP contribution is 2.21. The lowest BCUT2D eigenvalue weighted by Gasteiger charge is -2.35. The van der Waals surface area contributed by atoms with Gasteiger partial charge in [0.1, 0.15) is 5.82 Å². The number of anilines is 2. The number of hydrogen-bond acceptors (Lipinski definition) is 7. The fourth-order valence-corrected chi connectivity index (χ4v) is 1.79. The summed E-state index contributed by atoms with van der Waals surface area (Å²) in [4.78, 5) is 10.0. The molecule has 0 aromatic carbocycles. The molecule has 0 spiro atoms. The van der Waals surface area contributed by atoms with E-state index in [1.165, 1.54) is 7.11 Å². The van der Waals surface area contributed by atoms with Crippen molar-refractivity contribution in [1.29, 1.82) is 0 Å². The number of aromatic nitrogens is 2. The summed E-state index contributed by atoms with van der Waals surface area (Å²) in [6, 6.07) is 1.59. The minimum Gasteiger partial charge on any atom is -0.481 e. The van der Waals surface area contributed by atoms with E-state index < -0.39 is 0 Å². The Morgan fingerprint density at radius 2 is 2.47 bits per heavy atom. The van der Waals surface area contributed by atoms with Crippen molar-refractivity contribution in [1.82, 2.24) is 9.97 Å². The van der Waals surface area contributed by atoms with Crippen LogP contribution in [0.15, 0.2) is 6.07 Å². The summed E-state index contributed by atoms with van der Waals surface area (Å²) in [5.74, 6) is 1.22. The third-order valence-corrected chi connectivity index (χ3v) is 2.65. The number of ether oxygens (including phenoxy) is 2. The molecule has 1 aromatic heterocycles. The highest BCUT2D eigenvalue weighted by Gasteiger charge is 2.24. The Morgan fingerprint density at radius 1 is 1.65 bits per heavy atom. The third-order valence-electron chi connectivity index (χ3n) is 2.65. The first kappa shape index (κ1) is 11.9. The minimum absolute atomic E-state index is 0.00617. The summed E-state index contributed by atoms with van der Waals surface area (Å²) in [6.45, 7) is 1.74. The first-order valence-electron chi connectivity index (χ1n) is 5.38. The maximum Gasteiger partial charge on any atom is 0.225 e. The number of morpholine rings is 1. The molecule has 2 rings (SSSR count). The van der Waals surface area contributed by atoms with Gasteiger partial charge in [0.15, 0.2) is 0 Å². The highest BCUT2D eigenvalue weighted by atomic mass is 16.5. The van der Waals surface area contributed by atoms with Crippen LogP contribution >= 0.6 is 0 Å². The zero-order valence-corrected chi connectivity index (χ0v) is 9.67. The Labute approximate surface area is 99.2 Å². The standard InChI is InChI=1S/C10H16N4O3/c1-16-9-4-8(12-10(11)13-9)14-2-3-17-6-7(14)5-15/h4,7,15H,2-3,5-6H2,1H3,(H2,11,12,13). The smallest absolute Gasteiger partial charge is 0.225 e. The average Bonchev–Trinajstić information content (AvgIpc) is 2.37. The van der Waals surface area contributed by atoms with E-state index in [2.05, 4.69) is 9.97 Å². The lowest BCUT2D eigenvalue weighted by atomic mass is 10.2. The number of aliphatic hydroxyl groups excluding tert-OH is 1. The molecule has 1 aliphatic heterocycles. The predicted octanol–water partition coefficient (Wildman–Crippen LogP) is -0.735. The van der Waals surface area contributed by atoms with E-state index in [-0.39, 0.29) is 18.6 Å². The normalized spacial score (nSPS) is 20.4. The molecule has 7 nitrogen and oxygen atoms in total. The summed E-state index contributed by atoms with van der Waals surface area (Å²) >= 11 is 0. The number of hydrogen-bond donors (Lipinski definition) is 2. The van der Waals surface area contributed by atoms with Crippen LogP contribution in [0.5, 0.6) is 5.88 Å². The number of nitrogen functional groups attached to an aromatic ring is 1. The van der Waals surface area contributed by atoms with Gasteiger partial charge in [-0.25, -0.2) is 0 Å². The third kappa shape index (κ3) is 2.56. The second kappa shape index (κ2) is 5.15. The Balaban J connectivity index is 2.27. The molecule has 0 saturated carbocycles. The predicted molar refractivity (Wildman–Crippen MR) is 62.0 cm³/mol. The highest BCUT2D eigenvalue weighted by molar-refractivity contribution is 5.46. The van der Waals surface area contributed by atoms with Gasteiger partial charge in [-0.15, -0.1) is 0 Å². The molecule has 1 aromatic rings. The van der Waals surface area contributed by atoms with Crippen LogP contribution in [-0.2, 0) is 4.74 Å². The Morgan fingerprint density at radius 3 is 3.18 bits per heavy atom. The quantitative estimate of drug-likeness (QED) is 0.719. The van der Waals surface area contributed by atoms with Crippen molar-refractivity contribution in [2.24, 2.45) is 0 Å². The molecule has 1 aliphatic rings. The summed E-state index contributed by atoms with van der Waals surface area (Å²) in [5.41, 5.74) is 5.61. The van der Waals surface area contributed by atoms with Crippen molar-refractivity contribution in [3.05, 3.63) is 6.07 Å². The Bertz CT molecular complexity index is 388. The molecule has 0 amide bonds. The first-order valence-corrected chi connectivity index (χ1v) is 5.38. The van der Waals surface area contributed by atoms with Crippen molar-refractivity contribution >= 4 is 11.8 Å². The van der Waals surface area contributed by atoms with E-state index in [4.69, 9.17) is 15.2 Å². The lowest BCUT2D eigenvalue weighted by Crippen LogP contribution is -2.48. The fraction of sp³-hybridized carbons (Fsp3) is 0.600. The topological polar surface area (TPSA) is 93.7 Å². The molecular weight excluding hydrogens is 224 g/mol. The fourth-order valence-electron chi connectivity index (χ4n) is 1.79. The number of aliphatic hydroxyl groups is 1. The van der Waals surface area contributed by atoms with E-state index in [0.717, 1.165) is 0 Å². The zero-order valence-electron chi connectivity index (χ0n) is 9.67. The Hall–Kier alpha value is -1.60. The van der Waals surface area contributed by atoms with Gasteiger partial charge in [-0.05, 0) is 0 Å². The molecular formula is C10H16N4O3. The van der Waals surface area contributed by atoms with Crippen LogP contribution in [0.2, 0.25) is 0 Å². The molecule has 17 heavy (non-hydrogen) atoms. The molecule has 1 atom stereocenters. The summed E-state index contributed by atoms with van der Waals surface area (Å²) in [6.07, 6.45) is 0. The van der Waals surface area contributed by atoms with Crippen molar-refractivity contribution in [2.75, 3.05) is 44.1 Å². The molecule has 0 bridgehead atoms. The second-order valence-electron chi connectivity index (χ2n) is 3.73. The molecule has 0 radical (unpaired) electrons. The van der Waals surface area contributed by atoms with E-state index in [9.17, 15) is 5.11 Å². The van der Waals surface area contributed by atoms with E-state index >= 15 is 0 Å². The van der Waals surface area contributed by atoms with Crippen molar-refractivity contribution in [3.63, 3.8) is 0 Å². The molecule has 7 heteroatoms. The molecule has 94 valence electrons. The summed E-state index contributed by atoms with van der Waals surface area (Å²) in [7, 11) is 1.52. The van der Waals surface area contributed by atoms with E-state index in [0.29, 0.717) is 31.5 Å². The van der Waals surface area contributed by atoms with Gasteiger partial charge < -0.3 is 25.2 Å². The Kier molecular flexibility index (Phi) is 3.60. The maximum atomic E-state index is 9.29. The molecule has 1 saturated heterocycles. The second-order valence-corrected chi connectivity index (χ2v) is 3.73. The van der Waals surface area contributed by atoms with Crippen LogP contribution < -0.4 is 15.4 Å². The van der Waals surface area contributed by atoms with E-state index in [1.54, 1.807) is 6.07 Å². The van der Waals surface area contributed by atoms with E-state index in [1.807, 2.05) is 4.90 Å². The largest absolute Gasteiger partial charge is 0.481 e. The van der Waals surface area contributed by atoms with Gasteiger partial charge in [0.25, 0.3) is 0 Å².